The zero-order valence-electron chi connectivity index (χ0n) is 19.8. The van der Waals surface area contributed by atoms with Gasteiger partial charge in [-0.25, -0.2) is 4.79 Å². The molecule has 34 heavy (non-hydrogen) atoms. The van der Waals surface area contributed by atoms with E-state index < -0.39 is 17.5 Å². The maximum atomic E-state index is 13.2. The van der Waals surface area contributed by atoms with Crippen molar-refractivity contribution in [1.82, 2.24) is 10.2 Å². The summed E-state index contributed by atoms with van der Waals surface area (Å²) in [4.78, 5) is 38.4. The fourth-order valence-electron chi connectivity index (χ4n) is 5.10. The van der Waals surface area contributed by atoms with Gasteiger partial charge in [0.1, 0.15) is 6.61 Å². The fraction of sp³-hybridized carbons (Fsp3) is 0.444. The number of likely N-dealkylation sites (tertiary alicyclic amines) is 1. The third-order valence-corrected chi connectivity index (χ3v) is 6.93. The number of nitrogens with zero attached hydrogens (tertiary/aromatic N) is 1. The van der Waals surface area contributed by atoms with Gasteiger partial charge in [0.15, 0.2) is 0 Å². The normalized spacial score (nSPS) is 17.2. The number of nitrogens with one attached hydrogen (secondary N) is 1. The molecule has 0 spiro atoms. The van der Waals surface area contributed by atoms with Crippen LogP contribution in [-0.4, -0.2) is 53.7 Å². The molecule has 0 bridgehead atoms. The summed E-state index contributed by atoms with van der Waals surface area (Å²) < 4.78 is 5.59. The molecule has 2 aromatic rings. The van der Waals surface area contributed by atoms with Crippen LogP contribution in [0.4, 0.5) is 4.79 Å². The molecule has 1 fully saturated rings. The number of hydrogen-bond acceptors (Lipinski definition) is 4. The molecule has 0 saturated carbocycles. The third kappa shape index (κ3) is 4.93. The Morgan fingerprint density at radius 2 is 1.68 bits per heavy atom. The van der Waals surface area contributed by atoms with Crippen molar-refractivity contribution in [2.24, 2.45) is 5.41 Å². The summed E-state index contributed by atoms with van der Waals surface area (Å²) in [6.45, 7) is 4.58. The van der Waals surface area contributed by atoms with E-state index in [-0.39, 0.29) is 37.4 Å². The molecule has 2 N–H and O–H groups in total. The molecule has 1 heterocycles. The van der Waals surface area contributed by atoms with Crippen LogP contribution >= 0.6 is 0 Å². The first-order chi connectivity index (χ1) is 16.3. The second-order valence-electron chi connectivity index (χ2n) is 9.79. The average Bonchev–Trinajstić information content (AvgIpc) is 3.42. The number of alkyl carbamates (subject to hydrolysis) is 1. The number of carboxylic acids is 1. The smallest absolute Gasteiger partial charge is 0.407 e. The SMILES string of the molecule is CC(C)(CNC(=O)OCC1c2ccccc2-c2ccccc21)C(=O)N1CCCC1CCC(=O)O. The Balaban J connectivity index is 1.32. The Kier molecular flexibility index (Phi) is 6.91. The fourth-order valence-corrected chi connectivity index (χ4v) is 5.10. The highest BCUT2D eigenvalue weighted by atomic mass is 16.5. The number of hydrogen-bond donors (Lipinski definition) is 2. The molecule has 2 aliphatic rings. The van der Waals surface area contributed by atoms with Crippen LogP contribution in [0.25, 0.3) is 11.1 Å². The van der Waals surface area contributed by atoms with Gasteiger partial charge in [0.2, 0.25) is 5.91 Å². The Morgan fingerprint density at radius 1 is 1.06 bits per heavy atom. The van der Waals surface area contributed by atoms with Crippen LogP contribution in [0.15, 0.2) is 48.5 Å². The van der Waals surface area contributed by atoms with Gasteiger partial charge in [-0.1, -0.05) is 48.5 Å². The predicted molar refractivity (Wildman–Crippen MR) is 128 cm³/mol. The Hall–Kier alpha value is -3.35. The second kappa shape index (κ2) is 9.87. The zero-order chi connectivity index (χ0) is 24.3. The lowest BCUT2D eigenvalue weighted by atomic mass is 9.91. The lowest BCUT2D eigenvalue weighted by molar-refractivity contribution is -0.142. The van der Waals surface area contributed by atoms with Gasteiger partial charge >= 0.3 is 12.1 Å². The number of aliphatic carboxylic acids is 1. The topological polar surface area (TPSA) is 95.9 Å². The number of ether oxygens (including phenoxy) is 1. The van der Waals surface area contributed by atoms with E-state index in [0.29, 0.717) is 13.0 Å². The van der Waals surface area contributed by atoms with Crippen LogP contribution < -0.4 is 5.32 Å². The lowest BCUT2D eigenvalue weighted by Crippen LogP contribution is -2.48. The molecule has 1 unspecified atom stereocenters. The molecule has 0 radical (unpaired) electrons. The molecule has 2 aromatic carbocycles. The summed E-state index contributed by atoms with van der Waals surface area (Å²) in [7, 11) is 0. The van der Waals surface area contributed by atoms with E-state index in [1.165, 1.54) is 11.1 Å². The Morgan fingerprint density at radius 3 is 2.29 bits per heavy atom. The molecule has 7 nitrogen and oxygen atoms in total. The van der Waals surface area contributed by atoms with Crippen LogP contribution in [-0.2, 0) is 14.3 Å². The summed E-state index contributed by atoms with van der Waals surface area (Å²) in [6, 6.07) is 16.3. The summed E-state index contributed by atoms with van der Waals surface area (Å²) in [5.41, 5.74) is 3.81. The minimum Gasteiger partial charge on any atom is -0.481 e. The van der Waals surface area contributed by atoms with E-state index in [1.807, 2.05) is 24.3 Å². The van der Waals surface area contributed by atoms with Crippen molar-refractivity contribution >= 4 is 18.0 Å². The number of carbonyl (C=O) groups is 3. The molecular weight excluding hydrogens is 432 g/mol. The van der Waals surface area contributed by atoms with Crippen LogP contribution in [0.3, 0.4) is 0 Å². The quantitative estimate of drug-likeness (QED) is 0.603. The van der Waals surface area contributed by atoms with E-state index in [4.69, 9.17) is 9.84 Å². The molecule has 1 atom stereocenters. The Labute approximate surface area is 200 Å². The molecule has 2 amide bonds. The van der Waals surface area contributed by atoms with E-state index in [0.717, 1.165) is 24.0 Å². The van der Waals surface area contributed by atoms with Gasteiger partial charge in [-0.2, -0.15) is 0 Å². The van der Waals surface area contributed by atoms with Crippen molar-refractivity contribution in [2.45, 2.75) is 51.5 Å². The number of carboxylic acid groups (broad SMARTS) is 1. The Bertz CT molecular complexity index is 1030. The highest BCUT2D eigenvalue weighted by molar-refractivity contribution is 5.83. The number of amides is 2. The third-order valence-electron chi connectivity index (χ3n) is 6.93. The van der Waals surface area contributed by atoms with Crippen molar-refractivity contribution in [1.29, 1.82) is 0 Å². The van der Waals surface area contributed by atoms with E-state index in [2.05, 4.69) is 29.6 Å². The standard InChI is InChI=1S/C27H32N2O5/c1-27(2,25(32)29-15-7-8-18(29)13-14-24(30)31)17-28-26(33)34-16-23-21-11-5-3-9-19(21)20-10-4-6-12-22(20)23/h3-6,9-12,18,23H,7-8,13-17H2,1-2H3,(H,28,33)(H,30,31). The van der Waals surface area contributed by atoms with Crippen molar-refractivity contribution in [3.8, 4) is 11.1 Å². The summed E-state index contributed by atoms with van der Waals surface area (Å²) in [5.74, 6) is -0.942. The van der Waals surface area contributed by atoms with Gasteiger partial charge in [0.25, 0.3) is 0 Å². The van der Waals surface area contributed by atoms with Gasteiger partial charge < -0.3 is 20.1 Å². The molecular formula is C27H32N2O5. The number of fused-ring (bicyclic) bond motifs is 3. The van der Waals surface area contributed by atoms with Gasteiger partial charge in [0, 0.05) is 31.5 Å². The second-order valence-corrected chi connectivity index (χ2v) is 9.79. The lowest BCUT2D eigenvalue weighted by Gasteiger charge is -2.33. The van der Waals surface area contributed by atoms with Gasteiger partial charge in [-0.15, -0.1) is 0 Å². The van der Waals surface area contributed by atoms with Crippen LogP contribution in [0, 0.1) is 5.41 Å². The molecule has 1 aliphatic heterocycles. The number of rotatable bonds is 8. The molecule has 180 valence electrons. The first kappa shape index (κ1) is 23.8. The highest BCUT2D eigenvalue weighted by Crippen LogP contribution is 2.44. The monoisotopic (exact) mass is 464 g/mol. The maximum absolute atomic E-state index is 13.2. The maximum Gasteiger partial charge on any atom is 0.407 e. The highest BCUT2D eigenvalue weighted by Gasteiger charge is 2.38. The first-order valence-corrected chi connectivity index (χ1v) is 11.9. The minimum absolute atomic E-state index is 0.0209. The van der Waals surface area contributed by atoms with Gasteiger partial charge in [-0.3, -0.25) is 9.59 Å². The van der Waals surface area contributed by atoms with Gasteiger partial charge in [-0.05, 0) is 55.4 Å². The van der Waals surface area contributed by atoms with Crippen molar-refractivity contribution in [3.63, 3.8) is 0 Å². The minimum atomic E-state index is -0.851. The van der Waals surface area contributed by atoms with Crippen molar-refractivity contribution in [3.05, 3.63) is 59.7 Å². The number of carbonyl (C=O) groups excluding carboxylic acids is 2. The van der Waals surface area contributed by atoms with Crippen molar-refractivity contribution < 1.29 is 24.2 Å². The van der Waals surface area contributed by atoms with E-state index >= 15 is 0 Å². The molecule has 0 aromatic heterocycles. The largest absolute Gasteiger partial charge is 0.481 e. The molecule has 1 saturated heterocycles. The van der Waals surface area contributed by atoms with Crippen LogP contribution in [0.2, 0.25) is 0 Å². The van der Waals surface area contributed by atoms with Crippen molar-refractivity contribution in [2.75, 3.05) is 19.7 Å². The predicted octanol–water partition coefficient (Wildman–Crippen LogP) is 4.41. The first-order valence-electron chi connectivity index (χ1n) is 11.9. The molecule has 1 aliphatic carbocycles. The van der Waals surface area contributed by atoms with Crippen LogP contribution in [0.5, 0.6) is 0 Å². The van der Waals surface area contributed by atoms with Gasteiger partial charge in [0.05, 0.1) is 5.41 Å². The number of benzene rings is 2. The van der Waals surface area contributed by atoms with E-state index in [1.54, 1.807) is 18.7 Å². The zero-order valence-corrected chi connectivity index (χ0v) is 19.8. The summed E-state index contributed by atoms with van der Waals surface area (Å²) in [5, 5.41) is 11.7. The average molecular weight is 465 g/mol. The molecule has 4 rings (SSSR count). The van der Waals surface area contributed by atoms with Crippen LogP contribution in [0.1, 0.15) is 56.6 Å². The summed E-state index contributed by atoms with van der Waals surface area (Å²) >= 11 is 0. The molecule has 7 heteroatoms. The summed E-state index contributed by atoms with van der Waals surface area (Å²) in [6.07, 6.45) is 1.64. The van der Waals surface area contributed by atoms with E-state index in [9.17, 15) is 14.4 Å².